The minimum atomic E-state index is -0.633. The molecule has 4 aromatic heterocycles. The molecular formula is C36H30Cl2F2N6O3. The monoisotopic (exact) mass is 702 g/mol. The Morgan fingerprint density at radius 3 is 1.67 bits per heavy atom. The summed E-state index contributed by atoms with van der Waals surface area (Å²) in [5.41, 5.74) is 3.08. The van der Waals surface area contributed by atoms with Crippen LogP contribution in [0, 0.1) is 11.9 Å². The molecule has 2 aliphatic heterocycles. The van der Waals surface area contributed by atoms with Crippen molar-refractivity contribution in [3.05, 3.63) is 116 Å². The van der Waals surface area contributed by atoms with Gasteiger partial charge < -0.3 is 19.8 Å². The summed E-state index contributed by atoms with van der Waals surface area (Å²) in [5, 5.41) is 6.84. The van der Waals surface area contributed by atoms with Crippen molar-refractivity contribution < 1.29 is 13.6 Å². The average Bonchev–Trinajstić information content (AvgIpc) is 3.90. The first kappa shape index (κ1) is 31.6. The summed E-state index contributed by atoms with van der Waals surface area (Å²) in [6.45, 7) is 1.44. The van der Waals surface area contributed by atoms with Crippen molar-refractivity contribution in [2.24, 2.45) is 0 Å². The molecule has 6 aromatic rings. The molecule has 0 saturated carbocycles. The van der Waals surface area contributed by atoms with Crippen molar-refractivity contribution in [1.29, 1.82) is 0 Å². The molecule has 6 heterocycles. The van der Waals surface area contributed by atoms with E-state index in [2.05, 4.69) is 10.6 Å². The first-order valence-electron chi connectivity index (χ1n) is 16.1. The van der Waals surface area contributed by atoms with Crippen LogP contribution in [0.25, 0.3) is 44.4 Å². The third-order valence-corrected chi connectivity index (χ3v) is 10.4. The molecule has 2 atom stereocenters. The van der Waals surface area contributed by atoms with Gasteiger partial charge >= 0.3 is 0 Å². The predicted molar refractivity (Wildman–Crippen MR) is 185 cm³/mol. The van der Waals surface area contributed by atoms with E-state index in [0.29, 0.717) is 62.8 Å². The predicted octanol–water partition coefficient (Wildman–Crippen LogP) is 6.13. The molecular weight excluding hydrogens is 673 g/mol. The van der Waals surface area contributed by atoms with Crippen LogP contribution < -0.4 is 21.8 Å². The van der Waals surface area contributed by atoms with Gasteiger partial charge in [-0.1, -0.05) is 59.6 Å². The summed E-state index contributed by atoms with van der Waals surface area (Å²) in [6, 6.07) is 13.9. The molecule has 1 amide bonds. The second-order valence-corrected chi connectivity index (χ2v) is 13.5. The summed E-state index contributed by atoms with van der Waals surface area (Å²) in [7, 11) is 0. The zero-order valence-corrected chi connectivity index (χ0v) is 27.6. The normalized spacial score (nSPS) is 17.8. The molecule has 49 heavy (non-hydrogen) atoms. The second-order valence-electron chi connectivity index (χ2n) is 12.7. The number of amides is 1. The molecule has 2 unspecified atom stereocenters. The lowest BCUT2D eigenvalue weighted by Gasteiger charge is -2.13. The van der Waals surface area contributed by atoms with Crippen LogP contribution in [0.2, 0.25) is 10.0 Å². The maximum Gasteiger partial charge on any atom is 0.275 e. The van der Waals surface area contributed by atoms with Crippen LogP contribution in [0.5, 0.6) is 0 Å². The van der Waals surface area contributed by atoms with Crippen LogP contribution in [0.1, 0.15) is 25.7 Å². The molecule has 2 aliphatic rings. The summed E-state index contributed by atoms with van der Waals surface area (Å²) in [6.07, 6.45) is 8.37. The van der Waals surface area contributed by atoms with E-state index >= 15 is 8.78 Å². The van der Waals surface area contributed by atoms with Crippen LogP contribution in [0.3, 0.4) is 0 Å². The number of hydrogen-bond acceptors (Lipinski definition) is 4. The van der Waals surface area contributed by atoms with Gasteiger partial charge in [-0.15, -0.1) is 0 Å². The van der Waals surface area contributed by atoms with Gasteiger partial charge in [-0.05, 0) is 37.9 Å². The highest BCUT2D eigenvalue weighted by Crippen LogP contribution is 2.43. The van der Waals surface area contributed by atoms with E-state index in [9.17, 15) is 14.4 Å². The minimum Gasteiger partial charge on any atom is -0.352 e. The molecule has 2 fully saturated rings. The summed E-state index contributed by atoms with van der Waals surface area (Å²) < 4.78 is 35.7. The lowest BCUT2D eigenvalue weighted by atomic mass is 9.97. The van der Waals surface area contributed by atoms with Crippen molar-refractivity contribution in [3.8, 4) is 33.4 Å². The van der Waals surface area contributed by atoms with E-state index in [0.717, 1.165) is 25.6 Å². The lowest BCUT2D eigenvalue weighted by Crippen LogP contribution is -2.34. The molecule has 9 nitrogen and oxygen atoms in total. The Morgan fingerprint density at radius 2 is 1.20 bits per heavy atom. The van der Waals surface area contributed by atoms with Crippen molar-refractivity contribution in [2.45, 2.75) is 50.9 Å². The van der Waals surface area contributed by atoms with E-state index in [1.807, 2.05) is 12.1 Å². The number of benzene rings is 2. The number of carbonyl (C=O) groups excluding carboxylic acids is 1. The van der Waals surface area contributed by atoms with Gasteiger partial charge in [-0.3, -0.25) is 23.2 Å². The smallest absolute Gasteiger partial charge is 0.275 e. The first-order chi connectivity index (χ1) is 23.7. The van der Waals surface area contributed by atoms with Crippen molar-refractivity contribution >= 4 is 40.1 Å². The van der Waals surface area contributed by atoms with Gasteiger partial charge in [0.2, 0.25) is 17.8 Å². The first-order valence-corrected chi connectivity index (χ1v) is 16.8. The van der Waals surface area contributed by atoms with Crippen molar-refractivity contribution in [1.82, 2.24) is 28.6 Å². The minimum absolute atomic E-state index is 0.0854. The lowest BCUT2D eigenvalue weighted by molar-refractivity contribution is -0.119. The molecule has 2 saturated heterocycles. The number of nitrogens with zero attached hydrogens (tertiary/aromatic N) is 4. The van der Waals surface area contributed by atoms with Gasteiger partial charge in [0.05, 0.1) is 22.4 Å². The Hall–Kier alpha value is -4.71. The highest BCUT2D eigenvalue weighted by atomic mass is 35.5. The zero-order chi connectivity index (χ0) is 34.0. The van der Waals surface area contributed by atoms with Gasteiger partial charge in [0.25, 0.3) is 11.1 Å². The molecule has 13 heteroatoms. The van der Waals surface area contributed by atoms with E-state index in [1.165, 1.54) is 30.3 Å². The van der Waals surface area contributed by atoms with Crippen LogP contribution in [-0.4, -0.2) is 42.5 Å². The SMILES string of the molecule is O=C1CCC(Cn2cc(F)n3cc(-c4cccc(-c5cccc(-c6cc7c(=O)n(CC8CCCN8)cc(F)n7c6)c5Cl)c4Cl)cc3c2=O)N1. The second kappa shape index (κ2) is 12.3. The van der Waals surface area contributed by atoms with Crippen LogP contribution >= 0.6 is 23.2 Å². The van der Waals surface area contributed by atoms with Gasteiger partial charge in [-0.2, -0.15) is 8.78 Å². The maximum absolute atomic E-state index is 15.3. The van der Waals surface area contributed by atoms with E-state index in [-0.39, 0.29) is 41.1 Å². The molecule has 0 radical (unpaired) electrons. The summed E-state index contributed by atoms with van der Waals surface area (Å²) in [5.74, 6) is -1.28. The fourth-order valence-electron chi connectivity index (χ4n) is 7.09. The maximum atomic E-state index is 15.3. The van der Waals surface area contributed by atoms with E-state index in [1.54, 1.807) is 42.6 Å². The van der Waals surface area contributed by atoms with E-state index < -0.39 is 17.5 Å². The third kappa shape index (κ3) is 5.55. The molecule has 2 aromatic carbocycles. The summed E-state index contributed by atoms with van der Waals surface area (Å²) in [4.78, 5) is 38.3. The number of nitrogens with one attached hydrogen (secondary N) is 2. The molecule has 0 aliphatic carbocycles. The highest BCUT2D eigenvalue weighted by molar-refractivity contribution is 6.39. The van der Waals surface area contributed by atoms with Crippen molar-refractivity contribution in [2.75, 3.05) is 6.54 Å². The molecule has 2 N–H and O–H groups in total. The number of halogens is 4. The van der Waals surface area contributed by atoms with E-state index in [4.69, 9.17) is 23.2 Å². The van der Waals surface area contributed by atoms with Crippen LogP contribution in [-0.2, 0) is 17.9 Å². The van der Waals surface area contributed by atoms with Crippen molar-refractivity contribution in [3.63, 3.8) is 0 Å². The highest BCUT2D eigenvalue weighted by Gasteiger charge is 2.24. The Labute approximate surface area is 288 Å². The number of hydrogen-bond donors (Lipinski definition) is 2. The Bertz CT molecular complexity index is 2420. The average molecular weight is 704 g/mol. The molecule has 8 rings (SSSR count). The molecule has 0 bridgehead atoms. The number of carbonyl (C=O) groups is 1. The van der Waals surface area contributed by atoms with Gasteiger partial charge in [0.1, 0.15) is 11.0 Å². The number of aromatic nitrogens is 4. The topological polar surface area (TPSA) is 94.0 Å². The Kier molecular flexibility index (Phi) is 7.93. The number of fused-ring (bicyclic) bond motifs is 2. The van der Waals surface area contributed by atoms with Crippen LogP contribution in [0.4, 0.5) is 8.78 Å². The van der Waals surface area contributed by atoms with Gasteiger partial charge in [0.15, 0.2) is 0 Å². The fraction of sp³-hybridized carbons (Fsp3) is 0.250. The van der Waals surface area contributed by atoms with Crippen LogP contribution in [0.15, 0.2) is 82.9 Å². The molecule has 0 spiro atoms. The zero-order valence-electron chi connectivity index (χ0n) is 26.1. The standard InChI is InChI=1S/C36H30Cl2F2N6O3/c37-33-24(20-12-28-35(48)43(16-22-4-3-11-41-22)18-30(39)45(28)14-20)5-1-7-26(33)27-8-2-6-25(34(27)38)21-13-29-36(49)44(19-31(40)46(29)15-21)17-23-9-10-32(47)42-23/h1-2,5-8,12-15,18-19,22-23,41H,3-4,9-11,16-17H2,(H,42,47). The molecule has 250 valence electrons. The largest absolute Gasteiger partial charge is 0.352 e. The third-order valence-electron chi connectivity index (χ3n) is 9.58. The quantitative estimate of drug-likeness (QED) is 0.209. The summed E-state index contributed by atoms with van der Waals surface area (Å²) >= 11 is 14.0. The fourth-order valence-corrected chi connectivity index (χ4v) is 7.77. The van der Waals surface area contributed by atoms with Gasteiger partial charge in [-0.25, -0.2) is 0 Å². The Balaban J connectivity index is 1.15. The van der Waals surface area contributed by atoms with Gasteiger partial charge in [0, 0.05) is 77.4 Å². The number of rotatable bonds is 7. The Morgan fingerprint density at radius 1 is 0.694 bits per heavy atom.